The molecule has 120 valence electrons. The van der Waals surface area contributed by atoms with Gasteiger partial charge in [-0.15, -0.1) is 0 Å². The van der Waals surface area contributed by atoms with E-state index in [1.54, 1.807) is 0 Å². The van der Waals surface area contributed by atoms with Gasteiger partial charge < -0.3 is 5.32 Å². The average Bonchev–Trinajstić information content (AvgIpc) is 2.41. The van der Waals surface area contributed by atoms with E-state index in [-0.39, 0.29) is 0 Å². The molecule has 1 N–H and O–H groups in total. The van der Waals surface area contributed by atoms with Gasteiger partial charge in [0.1, 0.15) is 0 Å². The van der Waals surface area contributed by atoms with Crippen LogP contribution >= 0.6 is 12.2 Å². The van der Waals surface area contributed by atoms with Gasteiger partial charge in [-0.25, -0.2) is 0 Å². The van der Waals surface area contributed by atoms with Gasteiger partial charge in [0, 0.05) is 16.2 Å². The highest BCUT2D eigenvalue weighted by molar-refractivity contribution is 7.81. The largest absolute Gasteiger partial charge is 0.359 e. The first-order valence-corrected chi connectivity index (χ1v) is 8.34. The number of allylic oxidation sites excluding steroid dienone is 2. The summed E-state index contributed by atoms with van der Waals surface area (Å²) in [5.41, 5.74) is 9.65. The monoisotopic (exact) mass is 323 g/mol. The third-order valence-electron chi connectivity index (χ3n) is 4.07. The van der Waals surface area contributed by atoms with Gasteiger partial charge in [-0.2, -0.15) is 0 Å². The van der Waals surface area contributed by atoms with Gasteiger partial charge in [0.05, 0.1) is 0 Å². The zero-order valence-corrected chi connectivity index (χ0v) is 15.7. The number of nitrogens with one attached hydrogen (secondary N) is 1. The van der Waals surface area contributed by atoms with E-state index in [1.807, 2.05) is 0 Å². The molecule has 2 heteroatoms. The minimum absolute atomic E-state index is 0.885. The number of para-hydroxylation sites is 1. The van der Waals surface area contributed by atoms with Crippen LogP contribution in [0.5, 0.6) is 0 Å². The van der Waals surface area contributed by atoms with E-state index in [0.29, 0.717) is 0 Å². The molecule has 0 saturated heterocycles. The molecule has 0 aliphatic heterocycles. The molecule has 0 atom stereocenters. The summed E-state index contributed by atoms with van der Waals surface area (Å²) >= 11 is 5.68. The second kappa shape index (κ2) is 7.10. The molecular weight excluding hydrogens is 298 g/mol. The number of benzene rings is 2. The van der Waals surface area contributed by atoms with E-state index in [2.05, 4.69) is 83.3 Å². The maximum Gasteiger partial charge on any atom is 0.0471 e. The van der Waals surface area contributed by atoms with Crippen LogP contribution in [0.25, 0.3) is 0 Å². The average molecular weight is 324 g/mol. The molecule has 0 aliphatic rings. The standard InChI is InChI=1S/C21H25NS/c1-13-10-16(4)20(17(5)11-13)19(23)12-18(6)22-21-14(2)8-7-9-15(21)3/h7-12,22H,1-6H3/b18-12-. The van der Waals surface area contributed by atoms with E-state index in [4.69, 9.17) is 12.2 Å². The van der Waals surface area contributed by atoms with Crippen LogP contribution in [-0.2, 0) is 0 Å². The van der Waals surface area contributed by atoms with Crippen LogP contribution in [0.2, 0.25) is 0 Å². The Labute approximate surface area is 145 Å². The summed E-state index contributed by atoms with van der Waals surface area (Å²) in [4.78, 5) is 0.885. The number of rotatable bonds is 4. The van der Waals surface area contributed by atoms with Gasteiger partial charge in [-0.1, -0.05) is 48.1 Å². The second-order valence-corrected chi connectivity index (χ2v) is 6.80. The van der Waals surface area contributed by atoms with E-state index in [0.717, 1.165) is 10.6 Å². The molecule has 2 aromatic rings. The lowest BCUT2D eigenvalue weighted by molar-refractivity contribution is 1.29. The normalized spacial score (nSPS) is 11.5. The molecule has 2 aromatic carbocycles. The highest BCUT2D eigenvalue weighted by atomic mass is 32.1. The Bertz CT molecular complexity index is 741. The Kier molecular flexibility index (Phi) is 5.38. The van der Waals surface area contributed by atoms with Gasteiger partial charge >= 0.3 is 0 Å². The maximum absolute atomic E-state index is 5.68. The predicted octanol–water partition coefficient (Wildman–Crippen LogP) is 5.96. The third-order valence-corrected chi connectivity index (χ3v) is 4.40. The number of thiocarbonyl (C=S) groups is 1. The summed E-state index contributed by atoms with van der Waals surface area (Å²) < 4.78 is 0. The first-order chi connectivity index (χ1) is 10.8. The van der Waals surface area contributed by atoms with Crippen molar-refractivity contribution in [3.8, 4) is 0 Å². The molecule has 0 aromatic heterocycles. The van der Waals surface area contributed by atoms with Gasteiger partial charge in [0.25, 0.3) is 0 Å². The van der Waals surface area contributed by atoms with Gasteiger partial charge in [0.2, 0.25) is 0 Å². The Hall–Kier alpha value is -1.93. The quantitative estimate of drug-likeness (QED) is 0.423. The minimum atomic E-state index is 0.885. The lowest BCUT2D eigenvalue weighted by Crippen LogP contribution is -2.06. The van der Waals surface area contributed by atoms with Crippen molar-refractivity contribution in [2.24, 2.45) is 0 Å². The van der Waals surface area contributed by atoms with Crippen LogP contribution in [0.4, 0.5) is 5.69 Å². The molecule has 23 heavy (non-hydrogen) atoms. The minimum Gasteiger partial charge on any atom is -0.359 e. The number of anilines is 1. The summed E-state index contributed by atoms with van der Waals surface area (Å²) in [6.07, 6.45) is 2.06. The fraction of sp³-hybridized carbons (Fsp3) is 0.286. The molecule has 0 amide bonds. The van der Waals surface area contributed by atoms with E-state index >= 15 is 0 Å². The third kappa shape index (κ3) is 4.08. The molecule has 0 unspecified atom stereocenters. The van der Waals surface area contributed by atoms with E-state index < -0.39 is 0 Å². The van der Waals surface area contributed by atoms with Gasteiger partial charge in [-0.3, -0.25) is 0 Å². The van der Waals surface area contributed by atoms with E-state index in [9.17, 15) is 0 Å². The molecule has 0 bridgehead atoms. The van der Waals surface area contributed by atoms with Crippen LogP contribution < -0.4 is 5.32 Å². The topological polar surface area (TPSA) is 12.0 Å². The fourth-order valence-corrected chi connectivity index (χ4v) is 3.58. The highest BCUT2D eigenvalue weighted by Gasteiger charge is 2.08. The highest BCUT2D eigenvalue weighted by Crippen LogP contribution is 2.22. The molecule has 0 heterocycles. The Morgan fingerprint density at radius 3 is 1.96 bits per heavy atom. The van der Waals surface area contributed by atoms with Crippen molar-refractivity contribution in [1.82, 2.24) is 0 Å². The van der Waals surface area contributed by atoms with Crippen LogP contribution in [-0.4, -0.2) is 4.86 Å². The maximum atomic E-state index is 5.68. The van der Waals surface area contributed by atoms with Crippen LogP contribution in [0, 0.1) is 34.6 Å². The number of hydrogen-bond donors (Lipinski definition) is 1. The van der Waals surface area contributed by atoms with Gasteiger partial charge in [0.15, 0.2) is 0 Å². The second-order valence-electron chi connectivity index (χ2n) is 6.36. The molecule has 0 spiro atoms. The number of hydrogen-bond acceptors (Lipinski definition) is 2. The summed E-state index contributed by atoms with van der Waals surface area (Å²) in [5, 5.41) is 3.50. The molecule has 1 nitrogen and oxygen atoms in total. The molecule has 2 rings (SSSR count). The van der Waals surface area contributed by atoms with Crippen LogP contribution in [0.1, 0.15) is 40.3 Å². The molecular formula is C21H25NS. The summed E-state index contributed by atoms with van der Waals surface area (Å²) in [6.45, 7) is 12.7. The van der Waals surface area contributed by atoms with Crippen molar-refractivity contribution in [3.05, 3.63) is 75.5 Å². The zero-order chi connectivity index (χ0) is 17.1. The first kappa shape index (κ1) is 17.4. The predicted molar refractivity (Wildman–Crippen MR) is 106 cm³/mol. The zero-order valence-electron chi connectivity index (χ0n) is 14.9. The molecule has 0 saturated carbocycles. The summed E-state index contributed by atoms with van der Waals surface area (Å²) in [7, 11) is 0. The number of aryl methyl sites for hydroxylation is 5. The smallest absolute Gasteiger partial charge is 0.0471 e. The van der Waals surface area contributed by atoms with Crippen LogP contribution in [0.15, 0.2) is 42.1 Å². The summed E-state index contributed by atoms with van der Waals surface area (Å²) in [5.74, 6) is 0. The molecule has 0 radical (unpaired) electrons. The van der Waals surface area contributed by atoms with Crippen molar-refractivity contribution in [2.75, 3.05) is 5.32 Å². The Morgan fingerprint density at radius 1 is 0.913 bits per heavy atom. The first-order valence-electron chi connectivity index (χ1n) is 7.93. The van der Waals surface area contributed by atoms with Crippen molar-refractivity contribution < 1.29 is 0 Å². The van der Waals surface area contributed by atoms with Crippen molar-refractivity contribution in [2.45, 2.75) is 41.5 Å². The van der Waals surface area contributed by atoms with Crippen molar-refractivity contribution >= 4 is 22.8 Å². The van der Waals surface area contributed by atoms with E-state index in [1.165, 1.54) is 39.1 Å². The van der Waals surface area contributed by atoms with Gasteiger partial charge in [-0.05, 0) is 75.4 Å². The lowest BCUT2D eigenvalue weighted by atomic mass is 9.97. The van der Waals surface area contributed by atoms with Crippen molar-refractivity contribution in [1.29, 1.82) is 0 Å². The Balaban J connectivity index is 2.30. The Morgan fingerprint density at radius 2 is 1.43 bits per heavy atom. The van der Waals surface area contributed by atoms with Crippen molar-refractivity contribution in [3.63, 3.8) is 0 Å². The fourth-order valence-electron chi connectivity index (χ4n) is 3.08. The molecule has 0 aliphatic carbocycles. The summed E-state index contributed by atoms with van der Waals surface area (Å²) in [6, 6.07) is 10.7. The van der Waals surface area contributed by atoms with Crippen LogP contribution in [0.3, 0.4) is 0 Å². The lowest BCUT2D eigenvalue weighted by Gasteiger charge is -2.14. The SMILES string of the molecule is C/C(=C/C(=S)c1c(C)cc(C)cc1C)Nc1c(C)cccc1C. The molecule has 0 fully saturated rings.